The lowest BCUT2D eigenvalue weighted by atomic mass is 9.99. The molecule has 1 saturated heterocycles. The van der Waals surface area contributed by atoms with E-state index in [1.54, 1.807) is 0 Å². The number of nitrogens with zero attached hydrogens (tertiary/aromatic N) is 1. The summed E-state index contributed by atoms with van der Waals surface area (Å²) in [6.45, 7) is 1.58. The van der Waals surface area contributed by atoms with Crippen LogP contribution in [0.3, 0.4) is 0 Å². The molecule has 21 heavy (non-hydrogen) atoms. The second kappa shape index (κ2) is 4.95. The number of nitrogens with one attached hydrogen (secondary N) is 2. The fraction of sp³-hybridized carbons (Fsp3) is 0.353. The Morgan fingerprint density at radius 1 is 1.19 bits per heavy atom. The molecule has 2 aliphatic rings. The number of carbonyl (C=O) groups is 1. The molecule has 108 valence electrons. The molecule has 2 aromatic rings. The van der Waals surface area contributed by atoms with Crippen molar-refractivity contribution in [2.75, 3.05) is 18.4 Å². The third kappa shape index (κ3) is 2.02. The Morgan fingerprint density at radius 3 is 2.95 bits per heavy atom. The predicted molar refractivity (Wildman–Crippen MR) is 82.2 cm³/mol. The van der Waals surface area contributed by atoms with Gasteiger partial charge in [0.2, 0.25) is 5.91 Å². The number of para-hydroxylation sites is 1. The molecule has 0 bridgehead atoms. The number of likely N-dealkylation sites (tertiary alicyclic amines) is 1. The molecule has 4 nitrogen and oxygen atoms in total. The Bertz CT molecular complexity index is 650. The number of aromatic amines is 1. The molecule has 4 heteroatoms. The Kier molecular flexibility index (Phi) is 2.95. The van der Waals surface area contributed by atoms with Crippen LogP contribution in [0.2, 0.25) is 0 Å². The van der Waals surface area contributed by atoms with E-state index in [1.165, 1.54) is 0 Å². The SMILES string of the molecule is O=C(C1CNc2ccccc21)N1CCCC1c1ccc[nH]1. The number of carbonyl (C=O) groups excluding carboxylic acids is 1. The van der Waals surface area contributed by atoms with Gasteiger partial charge in [0.1, 0.15) is 0 Å². The molecule has 1 aromatic heterocycles. The summed E-state index contributed by atoms with van der Waals surface area (Å²) in [5.41, 5.74) is 3.39. The van der Waals surface area contributed by atoms with Crippen molar-refractivity contribution in [1.82, 2.24) is 9.88 Å². The molecule has 2 atom stereocenters. The van der Waals surface area contributed by atoms with E-state index in [9.17, 15) is 4.79 Å². The minimum absolute atomic E-state index is 0.0447. The Morgan fingerprint density at radius 2 is 2.10 bits per heavy atom. The highest BCUT2D eigenvalue weighted by molar-refractivity contribution is 5.88. The fourth-order valence-electron chi connectivity index (χ4n) is 3.61. The lowest BCUT2D eigenvalue weighted by Crippen LogP contribution is -2.35. The summed E-state index contributed by atoms with van der Waals surface area (Å²) in [6, 6.07) is 12.4. The zero-order chi connectivity index (χ0) is 14.2. The van der Waals surface area contributed by atoms with Crippen LogP contribution < -0.4 is 5.32 Å². The minimum Gasteiger partial charge on any atom is -0.384 e. The maximum absolute atomic E-state index is 13.0. The fourth-order valence-corrected chi connectivity index (χ4v) is 3.61. The van der Waals surface area contributed by atoms with E-state index in [-0.39, 0.29) is 17.9 Å². The van der Waals surface area contributed by atoms with Crippen LogP contribution in [0.1, 0.15) is 36.1 Å². The van der Waals surface area contributed by atoms with Crippen molar-refractivity contribution in [3.8, 4) is 0 Å². The molecule has 2 N–H and O–H groups in total. The summed E-state index contributed by atoms with van der Waals surface area (Å²) in [7, 11) is 0. The highest BCUT2D eigenvalue weighted by Gasteiger charge is 2.37. The molecule has 3 heterocycles. The smallest absolute Gasteiger partial charge is 0.232 e. The van der Waals surface area contributed by atoms with Crippen molar-refractivity contribution in [2.45, 2.75) is 24.8 Å². The lowest BCUT2D eigenvalue weighted by molar-refractivity contribution is -0.133. The minimum atomic E-state index is -0.0447. The summed E-state index contributed by atoms with van der Waals surface area (Å²) < 4.78 is 0. The molecule has 4 rings (SSSR count). The van der Waals surface area contributed by atoms with E-state index < -0.39 is 0 Å². The average molecular weight is 281 g/mol. The van der Waals surface area contributed by atoms with E-state index in [0.29, 0.717) is 6.54 Å². The van der Waals surface area contributed by atoms with Crippen molar-refractivity contribution < 1.29 is 4.79 Å². The number of H-pyrrole nitrogens is 1. The van der Waals surface area contributed by atoms with Crippen LogP contribution in [0.15, 0.2) is 42.6 Å². The molecular formula is C17H19N3O. The van der Waals surface area contributed by atoms with Crippen LogP contribution >= 0.6 is 0 Å². The highest BCUT2D eigenvalue weighted by Crippen LogP contribution is 2.37. The predicted octanol–water partition coefficient (Wildman–Crippen LogP) is 2.89. The molecule has 1 aromatic carbocycles. The zero-order valence-electron chi connectivity index (χ0n) is 11.9. The molecule has 0 saturated carbocycles. The van der Waals surface area contributed by atoms with E-state index in [1.807, 2.05) is 24.4 Å². The maximum atomic E-state index is 13.0. The summed E-state index contributed by atoms with van der Waals surface area (Å²) >= 11 is 0. The second-order valence-electron chi connectivity index (χ2n) is 5.84. The second-order valence-corrected chi connectivity index (χ2v) is 5.84. The van der Waals surface area contributed by atoms with Crippen molar-refractivity contribution in [2.24, 2.45) is 0 Å². The molecule has 2 aliphatic heterocycles. The number of fused-ring (bicyclic) bond motifs is 1. The molecule has 0 radical (unpaired) electrons. The topological polar surface area (TPSA) is 48.1 Å². The van der Waals surface area contributed by atoms with Gasteiger partial charge >= 0.3 is 0 Å². The number of hydrogen-bond donors (Lipinski definition) is 2. The Balaban J connectivity index is 1.61. The van der Waals surface area contributed by atoms with Crippen molar-refractivity contribution in [3.05, 3.63) is 53.9 Å². The average Bonchev–Trinajstić information content (AvgIpc) is 3.25. The highest BCUT2D eigenvalue weighted by atomic mass is 16.2. The quantitative estimate of drug-likeness (QED) is 0.889. The van der Waals surface area contributed by atoms with Gasteiger partial charge in [-0.2, -0.15) is 0 Å². The third-order valence-electron chi connectivity index (χ3n) is 4.65. The van der Waals surface area contributed by atoms with Gasteiger partial charge in [-0.15, -0.1) is 0 Å². The van der Waals surface area contributed by atoms with Gasteiger partial charge in [-0.05, 0) is 36.6 Å². The van der Waals surface area contributed by atoms with Gasteiger partial charge in [-0.3, -0.25) is 4.79 Å². The number of anilines is 1. The van der Waals surface area contributed by atoms with E-state index in [0.717, 1.165) is 36.3 Å². The maximum Gasteiger partial charge on any atom is 0.232 e. The summed E-state index contributed by atoms with van der Waals surface area (Å²) in [5.74, 6) is 0.210. The van der Waals surface area contributed by atoms with Gasteiger partial charge < -0.3 is 15.2 Å². The first kappa shape index (κ1) is 12.5. The van der Waals surface area contributed by atoms with E-state index in [2.05, 4.69) is 33.4 Å². The Labute approximate surface area is 124 Å². The van der Waals surface area contributed by atoms with E-state index >= 15 is 0 Å². The largest absolute Gasteiger partial charge is 0.384 e. The van der Waals surface area contributed by atoms with Crippen LogP contribution in [0.25, 0.3) is 0 Å². The van der Waals surface area contributed by atoms with E-state index in [4.69, 9.17) is 0 Å². The monoisotopic (exact) mass is 281 g/mol. The summed E-state index contributed by atoms with van der Waals surface area (Å²) in [5, 5.41) is 3.35. The van der Waals surface area contributed by atoms with Crippen LogP contribution in [0, 0.1) is 0 Å². The van der Waals surface area contributed by atoms with Gasteiger partial charge in [0, 0.05) is 30.7 Å². The lowest BCUT2D eigenvalue weighted by Gasteiger charge is -2.27. The van der Waals surface area contributed by atoms with Gasteiger partial charge in [0.15, 0.2) is 0 Å². The number of rotatable bonds is 2. The molecule has 0 spiro atoms. The van der Waals surface area contributed by atoms with Gasteiger partial charge in [-0.1, -0.05) is 18.2 Å². The molecule has 1 fully saturated rings. The zero-order valence-corrected chi connectivity index (χ0v) is 11.9. The number of aromatic nitrogens is 1. The van der Waals surface area contributed by atoms with Crippen LogP contribution in [0.5, 0.6) is 0 Å². The Hall–Kier alpha value is -2.23. The van der Waals surface area contributed by atoms with Gasteiger partial charge in [0.05, 0.1) is 12.0 Å². The molecule has 1 amide bonds. The first-order valence-corrected chi connectivity index (χ1v) is 7.61. The third-order valence-corrected chi connectivity index (χ3v) is 4.65. The van der Waals surface area contributed by atoms with Crippen molar-refractivity contribution in [1.29, 1.82) is 0 Å². The first-order valence-electron chi connectivity index (χ1n) is 7.61. The van der Waals surface area contributed by atoms with Crippen LogP contribution in [-0.4, -0.2) is 28.9 Å². The van der Waals surface area contributed by atoms with Crippen molar-refractivity contribution >= 4 is 11.6 Å². The first-order chi connectivity index (χ1) is 10.3. The van der Waals surface area contributed by atoms with Crippen LogP contribution in [0.4, 0.5) is 5.69 Å². The van der Waals surface area contributed by atoms with Gasteiger partial charge in [0.25, 0.3) is 0 Å². The van der Waals surface area contributed by atoms with Crippen LogP contribution in [-0.2, 0) is 4.79 Å². The standard InChI is InChI=1S/C17H19N3O/c21-17(13-11-19-14-6-2-1-5-12(13)14)20-10-4-8-16(20)15-7-3-9-18-15/h1-3,5-7,9,13,16,18-19H,4,8,10-11H2. The number of hydrogen-bond acceptors (Lipinski definition) is 2. The molecule has 0 aliphatic carbocycles. The molecule has 2 unspecified atom stereocenters. The summed E-state index contributed by atoms with van der Waals surface area (Å²) in [4.78, 5) is 18.3. The van der Waals surface area contributed by atoms with Crippen molar-refractivity contribution in [3.63, 3.8) is 0 Å². The van der Waals surface area contributed by atoms with Gasteiger partial charge in [-0.25, -0.2) is 0 Å². The number of amides is 1. The number of benzene rings is 1. The normalized spacial score (nSPS) is 23.9. The summed E-state index contributed by atoms with van der Waals surface area (Å²) in [6.07, 6.45) is 4.06. The molecular weight excluding hydrogens is 262 g/mol.